The van der Waals surface area contributed by atoms with Gasteiger partial charge < -0.3 is 4.74 Å². The number of aryl methyl sites for hydroxylation is 2. The predicted octanol–water partition coefficient (Wildman–Crippen LogP) is 6.45. The Bertz CT molecular complexity index is 1280. The molecule has 0 aliphatic heterocycles. The van der Waals surface area contributed by atoms with Crippen molar-refractivity contribution in [3.8, 4) is 17.6 Å². The lowest BCUT2D eigenvalue weighted by atomic mass is 10.0. The standard InChI is InChI=1S/C27H19F3O/c1-31-23-13-10-20(11-14-23)7-6-18-2-4-19(5-3-18)8-9-21-12-15-24-22(16-21)17-25(28)27(30)26(24)29/h2-5,10-17H,6-7H2,1H3. The van der Waals surface area contributed by atoms with E-state index in [1.54, 1.807) is 19.2 Å². The Hall–Kier alpha value is -3.71. The number of methoxy groups -OCH3 is 1. The molecule has 154 valence electrons. The number of hydrogen-bond acceptors (Lipinski definition) is 1. The molecule has 0 aliphatic rings. The molecule has 0 saturated heterocycles. The van der Waals surface area contributed by atoms with Crippen LogP contribution in [0.15, 0.2) is 72.8 Å². The molecule has 0 N–H and O–H groups in total. The maximum Gasteiger partial charge on any atom is 0.195 e. The number of benzene rings is 4. The van der Waals surface area contributed by atoms with Crippen molar-refractivity contribution in [1.82, 2.24) is 0 Å². The average Bonchev–Trinajstić information content (AvgIpc) is 2.81. The van der Waals surface area contributed by atoms with Gasteiger partial charge in [-0.3, -0.25) is 0 Å². The zero-order valence-electron chi connectivity index (χ0n) is 16.9. The minimum atomic E-state index is -1.46. The van der Waals surface area contributed by atoms with Crippen molar-refractivity contribution >= 4 is 10.8 Å². The molecule has 0 aliphatic carbocycles. The van der Waals surface area contributed by atoms with E-state index in [4.69, 9.17) is 4.74 Å². The summed E-state index contributed by atoms with van der Waals surface area (Å²) >= 11 is 0. The second-order valence-electron chi connectivity index (χ2n) is 7.22. The highest BCUT2D eigenvalue weighted by Gasteiger charge is 2.13. The van der Waals surface area contributed by atoms with Gasteiger partial charge in [0.2, 0.25) is 0 Å². The minimum Gasteiger partial charge on any atom is -0.497 e. The average molecular weight is 416 g/mol. The summed E-state index contributed by atoms with van der Waals surface area (Å²) < 4.78 is 45.8. The monoisotopic (exact) mass is 416 g/mol. The van der Waals surface area contributed by atoms with Crippen molar-refractivity contribution in [3.05, 3.63) is 113 Å². The molecule has 0 saturated carbocycles. The summed E-state index contributed by atoms with van der Waals surface area (Å²) in [5.74, 6) is 3.05. The molecule has 0 atom stereocenters. The Labute approximate surface area is 179 Å². The quantitative estimate of drug-likeness (QED) is 0.274. The summed E-state index contributed by atoms with van der Waals surface area (Å²) in [7, 11) is 1.65. The lowest BCUT2D eigenvalue weighted by molar-refractivity contribution is 0.414. The van der Waals surface area contributed by atoms with Gasteiger partial charge in [0.05, 0.1) is 7.11 Å². The number of fused-ring (bicyclic) bond motifs is 1. The highest BCUT2D eigenvalue weighted by molar-refractivity contribution is 5.84. The van der Waals surface area contributed by atoms with Crippen LogP contribution in [-0.4, -0.2) is 7.11 Å². The normalized spacial score (nSPS) is 10.6. The Morgan fingerprint density at radius 3 is 1.90 bits per heavy atom. The zero-order valence-corrected chi connectivity index (χ0v) is 16.9. The summed E-state index contributed by atoms with van der Waals surface area (Å²) in [4.78, 5) is 0. The van der Waals surface area contributed by atoms with Gasteiger partial charge in [-0.15, -0.1) is 0 Å². The van der Waals surface area contributed by atoms with Crippen molar-refractivity contribution in [3.63, 3.8) is 0 Å². The molecule has 0 spiro atoms. The SMILES string of the molecule is COc1ccc(CCc2ccc(C#Cc3ccc4c(F)c(F)c(F)cc4c3)cc2)cc1. The van der Waals surface area contributed by atoms with E-state index in [9.17, 15) is 13.2 Å². The van der Waals surface area contributed by atoms with Crippen LogP contribution in [0.4, 0.5) is 13.2 Å². The van der Waals surface area contributed by atoms with Gasteiger partial charge >= 0.3 is 0 Å². The molecule has 1 nitrogen and oxygen atoms in total. The Balaban J connectivity index is 1.45. The first kappa shape index (κ1) is 20.6. The molecule has 0 fully saturated rings. The van der Waals surface area contributed by atoms with Crippen molar-refractivity contribution < 1.29 is 17.9 Å². The molecule has 4 rings (SSSR count). The van der Waals surface area contributed by atoms with Gasteiger partial charge in [-0.25, -0.2) is 13.2 Å². The fraction of sp³-hybridized carbons (Fsp3) is 0.111. The van der Waals surface area contributed by atoms with E-state index in [0.717, 1.165) is 30.2 Å². The van der Waals surface area contributed by atoms with Gasteiger partial charge in [-0.1, -0.05) is 42.2 Å². The zero-order chi connectivity index (χ0) is 21.8. The molecular weight excluding hydrogens is 397 g/mol. The van der Waals surface area contributed by atoms with Gasteiger partial charge in [0, 0.05) is 16.5 Å². The van der Waals surface area contributed by atoms with Crippen molar-refractivity contribution in [1.29, 1.82) is 0 Å². The lowest BCUT2D eigenvalue weighted by Gasteiger charge is -2.04. The smallest absolute Gasteiger partial charge is 0.195 e. The number of halogens is 3. The molecule has 4 aromatic rings. The van der Waals surface area contributed by atoms with Gasteiger partial charge in [0.1, 0.15) is 5.75 Å². The van der Waals surface area contributed by atoms with E-state index >= 15 is 0 Å². The van der Waals surface area contributed by atoms with E-state index in [1.165, 1.54) is 17.2 Å². The summed E-state index contributed by atoms with van der Waals surface area (Å²) in [6.07, 6.45) is 1.85. The molecule has 4 heteroatoms. The third kappa shape index (κ3) is 4.73. The van der Waals surface area contributed by atoms with Crippen LogP contribution in [0.2, 0.25) is 0 Å². The lowest BCUT2D eigenvalue weighted by Crippen LogP contribution is -1.92. The van der Waals surface area contributed by atoms with Crippen LogP contribution in [0.3, 0.4) is 0 Å². The molecule has 0 unspecified atom stereocenters. The van der Waals surface area contributed by atoms with Gasteiger partial charge in [0.15, 0.2) is 17.5 Å². The fourth-order valence-corrected chi connectivity index (χ4v) is 3.36. The van der Waals surface area contributed by atoms with E-state index in [1.807, 2.05) is 36.4 Å². The van der Waals surface area contributed by atoms with Gasteiger partial charge in [-0.2, -0.15) is 0 Å². The highest BCUT2D eigenvalue weighted by atomic mass is 19.2. The molecule has 0 heterocycles. The van der Waals surface area contributed by atoms with Crippen molar-refractivity contribution in [2.75, 3.05) is 7.11 Å². The molecule has 0 radical (unpaired) electrons. The molecule has 4 aromatic carbocycles. The molecule has 0 bridgehead atoms. The topological polar surface area (TPSA) is 9.23 Å². The summed E-state index contributed by atoms with van der Waals surface area (Å²) in [5.41, 5.74) is 3.89. The van der Waals surface area contributed by atoms with Crippen LogP contribution in [0, 0.1) is 29.3 Å². The van der Waals surface area contributed by atoms with Crippen LogP contribution in [0.5, 0.6) is 5.75 Å². The maximum atomic E-state index is 13.8. The second kappa shape index (κ2) is 8.97. The van der Waals surface area contributed by atoms with E-state index in [-0.39, 0.29) is 10.8 Å². The van der Waals surface area contributed by atoms with E-state index in [2.05, 4.69) is 24.0 Å². The number of hydrogen-bond donors (Lipinski definition) is 0. The van der Waals surface area contributed by atoms with Crippen LogP contribution in [-0.2, 0) is 12.8 Å². The summed E-state index contributed by atoms with van der Waals surface area (Å²) in [6.45, 7) is 0. The number of ether oxygens (including phenoxy) is 1. The van der Waals surface area contributed by atoms with E-state index < -0.39 is 17.5 Å². The molecule has 0 amide bonds. The summed E-state index contributed by atoms with van der Waals surface area (Å²) in [5, 5.41) is 0.308. The first-order chi connectivity index (χ1) is 15.0. The molecule has 31 heavy (non-hydrogen) atoms. The Morgan fingerprint density at radius 2 is 1.26 bits per heavy atom. The largest absolute Gasteiger partial charge is 0.497 e. The Kier molecular flexibility index (Phi) is 5.95. The third-order valence-corrected chi connectivity index (χ3v) is 5.14. The van der Waals surface area contributed by atoms with Crippen LogP contribution < -0.4 is 4.74 Å². The third-order valence-electron chi connectivity index (χ3n) is 5.14. The molecular formula is C27H19F3O. The highest BCUT2D eigenvalue weighted by Crippen LogP contribution is 2.24. The summed E-state index contributed by atoms with van der Waals surface area (Å²) in [6, 6.07) is 21.6. The maximum absolute atomic E-state index is 13.8. The molecule has 0 aromatic heterocycles. The first-order valence-corrected chi connectivity index (χ1v) is 9.84. The van der Waals surface area contributed by atoms with E-state index in [0.29, 0.717) is 5.56 Å². The first-order valence-electron chi connectivity index (χ1n) is 9.84. The van der Waals surface area contributed by atoms with Gasteiger partial charge in [0.25, 0.3) is 0 Å². The second-order valence-corrected chi connectivity index (χ2v) is 7.22. The minimum absolute atomic E-state index is 0.0330. The van der Waals surface area contributed by atoms with Crippen molar-refractivity contribution in [2.24, 2.45) is 0 Å². The predicted molar refractivity (Wildman–Crippen MR) is 117 cm³/mol. The van der Waals surface area contributed by atoms with Gasteiger partial charge in [-0.05, 0) is 71.8 Å². The van der Waals surface area contributed by atoms with Crippen LogP contribution >= 0.6 is 0 Å². The van der Waals surface area contributed by atoms with Crippen LogP contribution in [0.1, 0.15) is 22.3 Å². The van der Waals surface area contributed by atoms with Crippen LogP contribution in [0.25, 0.3) is 10.8 Å². The van der Waals surface area contributed by atoms with Crippen molar-refractivity contribution in [2.45, 2.75) is 12.8 Å². The Morgan fingerprint density at radius 1 is 0.677 bits per heavy atom. The number of rotatable bonds is 4. The fourth-order valence-electron chi connectivity index (χ4n) is 3.36.